The number of nitriles is 1. The molecule has 1 fully saturated rings. The minimum absolute atomic E-state index is 0.0192. The summed E-state index contributed by atoms with van der Waals surface area (Å²) >= 11 is 0. The summed E-state index contributed by atoms with van der Waals surface area (Å²) in [5, 5.41) is 20.5. The van der Waals surface area contributed by atoms with Gasteiger partial charge < -0.3 is 15.2 Å². The van der Waals surface area contributed by atoms with Gasteiger partial charge in [0.2, 0.25) is 0 Å². The van der Waals surface area contributed by atoms with Crippen molar-refractivity contribution in [3.05, 3.63) is 29.3 Å². The third-order valence-corrected chi connectivity index (χ3v) is 3.26. The maximum Gasteiger partial charge on any atom is 0.417 e. The maximum atomic E-state index is 12.9. The number of aliphatic carboxylic acids is 1. The highest BCUT2D eigenvalue weighted by atomic mass is 19.4. The zero-order valence-corrected chi connectivity index (χ0v) is 10.7. The van der Waals surface area contributed by atoms with E-state index in [0.29, 0.717) is 0 Å². The average Bonchev–Trinajstić information content (AvgIpc) is 2.87. The minimum Gasteiger partial charge on any atom is -0.479 e. The quantitative estimate of drug-likeness (QED) is 0.894. The average molecular weight is 300 g/mol. The standard InChI is InChI=1S/C13H11F3N2O3/c14-13(15,16)10-5-9(2-1-8(10)6-17)18-12(11(19)20)3-4-21-7-12/h1-2,5,18H,3-4,7H2,(H,19,20). The molecule has 1 aromatic carbocycles. The van der Waals surface area contributed by atoms with Crippen LogP contribution in [0, 0.1) is 11.3 Å². The van der Waals surface area contributed by atoms with Crippen molar-refractivity contribution in [2.24, 2.45) is 0 Å². The fraction of sp³-hybridized carbons (Fsp3) is 0.385. The molecule has 0 radical (unpaired) electrons. The summed E-state index contributed by atoms with van der Waals surface area (Å²) in [6.07, 6.45) is -4.55. The van der Waals surface area contributed by atoms with Gasteiger partial charge in [-0.1, -0.05) is 0 Å². The third-order valence-electron chi connectivity index (χ3n) is 3.26. The Morgan fingerprint density at radius 2 is 2.19 bits per heavy atom. The van der Waals surface area contributed by atoms with Crippen molar-refractivity contribution in [3.8, 4) is 6.07 Å². The molecule has 0 amide bonds. The van der Waals surface area contributed by atoms with Crippen LogP contribution in [0.4, 0.5) is 18.9 Å². The molecule has 2 rings (SSSR count). The summed E-state index contributed by atoms with van der Waals surface area (Å²) in [7, 11) is 0. The Hall–Kier alpha value is -2.27. The molecule has 5 nitrogen and oxygen atoms in total. The number of hydrogen-bond acceptors (Lipinski definition) is 4. The molecular formula is C13H11F3N2O3. The third kappa shape index (κ3) is 2.92. The van der Waals surface area contributed by atoms with Gasteiger partial charge in [-0.25, -0.2) is 4.79 Å². The number of halogens is 3. The number of nitrogens with zero attached hydrogens (tertiary/aromatic N) is 1. The fourth-order valence-electron chi connectivity index (χ4n) is 2.12. The van der Waals surface area contributed by atoms with Gasteiger partial charge in [0, 0.05) is 18.7 Å². The predicted molar refractivity (Wildman–Crippen MR) is 65.6 cm³/mol. The second kappa shape index (κ2) is 5.26. The second-order valence-corrected chi connectivity index (χ2v) is 4.68. The molecule has 1 aliphatic rings. The first-order valence-corrected chi connectivity index (χ1v) is 5.99. The Morgan fingerprint density at radius 1 is 1.48 bits per heavy atom. The molecule has 0 aromatic heterocycles. The van der Waals surface area contributed by atoms with Gasteiger partial charge in [-0.3, -0.25) is 0 Å². The smallest absolute Gasteiger partial charge is 0.417 e. The Morgan fingerprint density at radius 3 is 2.67 bits per heavy atom. The molecule has 1 heterocycles. The molecule has 1 unspecified atom stereocenters. The molecule has 1 aromatic rings. The summed E-state index contributed by atoms with van der Waals surface area (Å²) in [5.41, 5.74) is -3.08. The highest BCUT2D eigenvalue weighted by Gasteiger charge is 2.43. The van der Waals surface area contributed by atoms with Crippen molar-refractivity contribution in [2.45, 2.75) is 18.1 Å². The lowest BCUT2D eigenvalue weighted by molar-refractivity contribution is -0.142. The normalized spacial score (nSPS) is 21.8. The van der Waals surface area contributed by atoms with Crippen LogP contribution in [0.25, 0.3) is 0 Å². The lowest BCUT2D eigenvalue weighted by Crippen LogP contribution is -2.47. The molecule has 0 bridgehead atoms. The van der Waals surface area contributed by atoms with Crippen LogP contribution in [-0.2, 0) is 15.7 Å². The summed E-state index contributed by atoms with van der Waals surface area (Å²) in [4.78, 5) is 11.3. The largest absolute Gasteiger partial charge is 0.479 e. The highest BCUT2D eigenvalue weighted by molar-refractivity contribution is 5.83. The molecule has 1 saturated heterocycles. The highest BCUT2D eigenvalue weighted by Crippen LogP contribution is 2.35. The van der Waals surface area contributed by atoms with Crippen LogP contribution in [0.1, 0.15) is 17.5 Å². The molecule has 8 heteroatoms. The van der Waals surface area contributed by atoms with E-state index in [4.69, 9.17) is 10.00 Å². The summed E-state index contributed by atoms with van der Waals surface area (Å²) < 4.78 is 43.6. The minimum atomic E-state index is -4.69. The summed E-state index contributed by atoms with van der Waals surface area (Å²) in [6, 6.07) is 4.46. The zero-order chi connectivity index (χ0) is 15.7. The number of carbonyl (C=O) groups is 1. The van der Waals surface area contributed by atoms with Crippen molar-refractivity contribution in [3.63, 3.8) is 0 Å². The Kier molecular flexibility index (Phi) is 3.78. The molecule has 0 aliphatic carbocycles. The molecule has 0 spiro atoms. The molecular weight excluding hydrogens is 289 g/mol. The first kappa shape index (κ1) is 15.1. The molecule has 1 aliphatic heterocycles. The molecule has 1 atom stereocenters. The summed E-state index contributed by atoms with van der Waals surface area (Å²) in [6.45, 7) is 0.0748. The van der Waals surface area contributed by atoms with Gasteiger partial charge in [-0.2, -0.15) is 18.4 Å². The van der Waals surface area contributed by atoms with E-state index in [1.54, 1.807) is 0 Å². The molecule has 112 valence electrons. The van der Waals surface area contributed by atoms with Crippen molar-refractivity contribution >= 4 is 11.7 Å². The van der Waals surface area contributed by atoms with Gasteiger partial charge in [0.1, 0.15) is 0 Å². The van der Waals surface area contributed by atoms with Gasteiger partial charge >= 0.3 is 12.1 Å². The van der Waals surface area contributed by atoms with E-state index in [9.17, 15) is 23.1 Å². The lowest BCUT2D eigenvalue weighted by atomic mass is 9.97. The monoisotopic (exact) mass is 300 g/mol. The first-order chi connectivity index (χ1) is 9.78. The van der Waals surface area contributed by atoms with Gasteiger partial charge in [0.15, 0.2) is 5.54 Å². The maximum absolute atomic E-state index is 12.9. The number of carboxylic acid groups (broad SMARTS) is 1. The number of carboxylic acids is 1. The van der Waals surface area contributed by atoms with E-state index >= 15 is 0 Å². The van der Waals surface area contributed by atoms with Crippen LogP contribution in [0.15, 0.2) is 18.2 Å². The van der Waals surface area contributed by atoms with Crippen LogP contribution in [-0.4, -0.2) is 29.8 Å². The van der Waals surface area contributed by atoms with E-state index in [1.165, 1.54) is 12.1 Å². The van der Waals surface area contributed by atoms with Crippen molar-refractivity contribution < 1.29 is 27.8 Å². The van der Waals surface area contributed by atoms with E-state index in [0.717, 1.165) is 12.1 Å². The van der Waals surface area contributed by atoms with Gasteiger partial charge in [-0.15, -0.1) is 0 Å². The van der Waals surface area contributed by atoms with Crippen LogP contribution in [0.2, 0.25) is 0 Å². The number of ether oxygens (including phenoxy) is 1. The van der Waals surface area contributed by atoms with Crippen LogP contribution in [0.5, 0.6) is 0 Å². The van der Waals surface area contributed by atoms with Crippen LogP contribution >= 0.6 is 0 Å². The number of anilines is 1. The van der Waals surface area contributed by atoms with Crippen molar-refractivity contribution in [2.75, 3.05) is 18.5 Å². The number of nitrogens with one attached hydrogen (secondary N) is 1. The number of benzene rings is 1. The van der Waals surface area contributed by atoms with Crippen LogP contribution < -0.4 is 5.32 Å². The Labute approximate surface area is 117 Å². The van der Waals surface area contributed by atoms with Crippen LogP contribution in [0.3, 0.4) is 0 Å². The molecule has 0 saturated carbocycles. The van der Waals surface area contributed by atoms with Crippen molar-refractivity contribution in [1.29, 1.82) is 5.26 Å². The molecule has 21 heavy (non-hydrogen) atoms. The summed E-state index contributed by atoms with van der Waals surface area (Å²) in [5.74, 6) is -1.20. The van der Waals surface area contributed by atoms with Gasteiger partial charge in [0.25, 0.3) is 0 Å². The van der Waals surface area contributed by atoms with E-state index in [-0.39, 0.29) is 25.3 Å². The topological polar surface area (TPSA) is 82.4 Å². The second-order valence-electron chi connectivity index (χ2n) is 4.68. The van der Waals surface area contributed by atoms with E-state index in [1.807, 2.05) is 0 Å². The van der Waals surface area contributed by atoms with E-state index in [2.05, 4.69) is 5.32 Å². The number of alkyl halides is 3. The van der Waals surface area contributed by atoms with Crippen molar-refractivity contribution in [1.82, 2.24) is 0 Å². The predicted octanol–water partition coefficient (Wildman–Crippen LogP) is 2.23. The lowest BCUT2D eigenvalue weighted by Gasteiger charge is -2.25. The zero-order valence-electron chi connectivity index (χ0n) is 10.7. The molecule has 2 N–H and O–H groups in total. The van der Waals surface area contributed by atoms with Gasteiger partial charge in [-0.05, 0) is 18.2 Å². The fourth-order valence-corrected chi connectivity index (χ4v) is 2.12. The Bertz CT molecular complexity index is 602. The van der Waals surface area contributed by atoms with E-state index < -0.39 is 28.8 Å². The number of rotatable bonds is 3. The van der Waals surface area contributed by atoms with Gasteiger partial charge in [0.05, 0.1) is 23.8 Å². The Balaban J connectivity index is 2.38. The SMILES string of the molecule is N#Cc1ccc(NC2(C(=O)O)CCOC2)cc1C(F)(F)F. The first-order valence-electron chi connectivity index (χ1n) is 5.99. The number of hydrogen-bond donors (Lipinski definition) is 2.